The molecule has 0 fully saturated rings. The molecule has 0 amide bonds. The Balaban J connectivity index is 2.42. The Morgan fingerprint density at radius 3 is 2.52 bits per heavy atom. The Morgan fingerprint density at radius 2 is 1.95 bits per heavy atom. The van der Waals surface area contributed by atoms with Crippen LogP contribution in [0.2, 0.25) is 0 Å². The van der Waals surface area contributed by atoms with Crippen molar-refractivity contribution < 1.29 is 19.3 Å². The molecule has 0 radical (unpaired) electrons. The van der Waals surface area contributed by atoms with Crippen LogP contribution in [-0.2, 0) is 0 Å². The molecule has 7 nitrogen and oxygen atoms in total. The van der Waals surface area contributed by atoms with Gasteiger partial charge in [0.15, 0.2) is 5.84 Å². The predicted molar refractivity (Wildman–Crippen MR) is 72.1 cm³/mol. The molecule has 0 saturated heterocycles. The minimum atomic E-state index is -0.615. The lowest BCUT2D eigenvalue weighted by Crippen LogP contribution is -2.14. The van der Waals surface area contributed by atoms with Gasteiger partial charge >= 0.3 is 0 Å². The van der Waals surface area contributed by atoms with E-state index in [9.17, 15) is 14.5 Å². The highest BCUT2D eigenvalue weighted by Gasteiger charge is 2.15. The maximum atomic E-state index is 12.8. The zero-order valence-corrected chi connectivity index (χ0v) is 10.6. The zero-order chi connectivity index (χ0) is 15.4. The Bertz CT molecular complexity index is 701. The van der Waals surface area contributed by atoms with E-state index in [1.165, 1.54) is 36.4 Å². The third-order valence-electron chi connectivity index (χ3n) is 2.60. The first-order valence-corrected chi connectivity index (χ1v) is 5.71. The zero-order valence-electron chi connectivity index (χ0n) is 10.6. The molecule has 0 aliphatic carbocycles. The van der Waals surface area contributed by atoms with Crippen molar-refractivity contribution >= 4 is 11.5 Å². The number of nitrogens with two attached hydrogens (primary N) is 1. The van der Waals surface area contributed by atoms with Gasteiger partial charge in [-0.1, -0.05) is 5.16 Å². The lowest BCUT2D eigenvalue weighted by molar-refractivity contribution is -0.384. The van der Waals surface area contributed by atoms with Crippen LogP contribution in [0.3, 0.4) is 0 Å². The molecule has 0 unspecified atom stereocenters. The second-order valence-corrected chi connectivity index (χ2v) is 3.98. The largest absolute Gasteiger partial charge is 0.457 e. The van der Waals surface area contributed by atoms with Crippen molar-refractivity contribution in [2.24, 2.45) is 10.9 Å². The van der Waals surface area contributed by atoms with E-state index >= 15 is 0 Å². The summed E-state index contributed by atoms with van der Waals surface area (Å²) in [5, 5.41) is 22.3. The van der Waals surface area contributed by atoms with Crippen LogP contribution in [0, 0.1) is 15.9 Å². The lowest BCUT2D eigenvalue weighted by atomic mass is 10.1. The fourth-order valence-corrected chi connectivity index (χ4v) is 1.60. The molecule has 0 saturated carbocycles. The second-order valence-electron chi connectivity index (χ2n) is 3.98. The van der Waals surface area contributed by atoms with Gasteiger partial charge in [-0.3, -0.25) is 10.1 Å². The Labute approximate surface area is 118 Å². The lowest BCUT2D eigenvalue weighted by Gasteiger charge is -2.10. The minimum absolute atomic E-state index is 0.0519. The Hall–Kier alpha value is -3.16. The number of amidine groups is 1. The van der Waals surface area contributed by atoms with Crippen molar-refractivity contribution in [3.63, 3.8) is 0 Å². The van der Waals surface area contributed by atoms with Gasteiger partial charge in [0.1, 0.15) is 17.3 Å². The van der Waals surface area contributed by atoms with Crippen LogP contribution in [0.25, 0.3) is 0 Å². The number of nitrogens with zero attached hydrogens (tertiary/aromatic N) is 2. The summed E-state index contributed by atoms with van der Waals surface area (Å²) >= 11 is 0. The minimum Gasteiger partial charge on any atom is -0.457 e. The molecule has 3 N–H and O–H groups in total. The molecule has 0 bridgehead atoms. The van der Waals surface area contributed by atoms with E-state index in [0.717, 1.165) is 6.07 Å². The van der Waals surface area contributed by atoms with Gasteiger partial charge in [-0.2, -0.15) is 0 Å². The second kappa shape index (κ2) is 5.87. The van der Waals surface area contributed by atoms with Crippen molar-refractivity contribution in [3.8, 4) is 11.5 Å². The third kappa shape index (κ3) is 3.24. The first-order chi connectivity index (χ1) is 10.0. The van der Waals surface area contributed by atoms with Crippen LogP contribution in [0.15, 0.2) is 47.6 Å². The summed E-state index contributed by atoms with van der Waals surface area (Å²) in [6.45, 7) is 0. The fourth-order valence-electron chi connectivity index (χ4n) is 1.60. The van der Waals surface area contributed by atoms with E-state index in [-0.39, 0.29) is 22.8 Å². The molecule has 21 heavy (non-hydrogen) atoms. The Kier molecular flexibility index (Phi) is 3.98. The molecule has 2 aromatic rings. The average Bonchev–Trinajstić information content (AvgIpc) is 2.49. The van der Waals surface area contributed by atoms with Crippen molar-refractivity contribution in [1.82, 2.24) is 0 Å². The van der Waals surface area contributed by atoms with Gasteiger partial charge in [-0.05, 0) is 30.3 Å². The number of non-ortho nitro benzene ring substituents is 1. The van der Waals surface area contributed by atoms with Gasteiger partial charge < -0.3 is 15.7 Å². The van der Waals surface area contributed by atoms with E-state index in [0.29, 0.717) is 5.75 Å². The van der Waals surface area contributed by atoms with Crippen molar-refractivity contribution in [1.29, 1.82) is 0 Å². The van der Waals surface area contributed by atoms with Gasteiger partial charge in [0, 0.05) is 12.1 Å². The first kappa shape index (κ1) is 14.3. The van der Waals surface area contributed by atoms with E-state index in [1.807, 2.05) is 0 Å². The number of hydrogen-bond acceptors (Lipinski definition) is 5. The number of oxime groups is 1. The summed E-state index contributed by atoms with van der Waals surface area (Å²) in [6, 6.07) is 8.81. The van der Waals surface area contributed by atoms with Crippen LogP contribution in [0.5, 0.6) is 11.5 Å². The molecular weight excluding hydrogens is 281 g/mol. The van der Waals surface area contributed by atoms with Gasteiger partial charge in [0.05, 0.1) is 10.5 Å². The standard InChI is InChI=1S/C13H10FN3O4/c14-8-1-4-10(5-2-8)21-12-6-3-9(17(19)20)7-11(12)13(15)16-18/h1-7,18H,(H2,15,16). The van der Waals surface area contributed by atoms with E-state index in [1.54, 1.807) is 0 Å². The summed E-state index contributed by atoms with van der Waals surface area (Å²) in [5.74, 6) is -0.321. The molecule has 8 heteroatoms. The third-order valence-corrected chi connectivity index (χ3v) is 2.60. The van der Waals surface area contributed by atoms with E-state index in [4.69, 9.17) is 15.7 Å². The molecule has 0 aliphatic rings. The number of halogens is 1. The molecule has 108 valence electrons. The molecule has 0 atom stereocenters. The molecule has 0 spiro atoms. The monoisotopic (exact) mass is 291 g/mol. The highest BCUT2D eigenvalue weighted by molar-refractivity contribution is 6.00. The van der Waals surface area contributed by atoms with E-state index < -0.39 is 10.7 Å². The van der Waals surface area contributed by atoms with Crippen molar-refractivity contribution in [2.45, 2.75) is 0 Å². The maximum Gasteiger partial charge on any atom is 0.270 e. The molecular formula is C13H10FN3O4. The molecule has 0 aromatic heterocycles. The quantitative estimate of drug-likeness (QED) is 0.296. The Morgan fingerprint density at radius 1 is 1.29 bits per heavy atom. The smallest absolute Gasteiger partial charge is 0.270 e. The first-order valence-electron chi connectivity index (χ1n) is 5.71. The number of nitro benzene ring substituents is 1. The van der Waals surface area contributed by atoms with Gasteiger partial charge in [0.25, 0.3) is 5.69 Å². The molecule has 2 aromatic carbocycles. The highest BCUT2D eigenvalue weighted by atomic mass is 19.1. The van der Waals surface area contributed by atoms with Crippen LogP contribution in [-0.4, -0.2) is 16.0 Å². The summed E-state index contributed by atoms with van der Waals surface area (Å²) in [5.41, 5.74) is 5.30. The van der Waals surface area contributed by atoms with Gasteiger partial charge in [-0.25, -0.2) is 4.39 Å². The number of nitro groups is 1. The normalized spacial score (nSPS) is 11.2. The molecule has 2 rings (SSSR count). The summed E-state index contributed by atoms with van der Waals surface area (Å²) in [6.07, 6.45) is 0. The topological polar surface area (TPSA) is 111 Å². The average molecular weight is 291 g/mol. The SMILES string of the molecule is NC(=NO)c1cc([N+](=O)[O-])ccc1Oc1ccc(F)cc1. The van der Waals surface area contributed by atoms with Crippen molar-refractivity contribution in [2.75, 3.05) is 0 Å². The van der Waals surface area contributed by atoms with Crippen LogP contribution >= 0.6 is 0 Å². The van der Waals surface area contributed by atoms with Gasteiger partial charge in [-0.15, -0.1) is 0 Å². The van der Waals surface area contributed by atoms with Crippen LogP contribution in [0.1, 0.15) is 5.56 Å². The van der Waals surface area contributed by atoms with Crippen LogP contribution < -0.4 is 10.5 Å². The number of benzene rings is 2. The summed E-state index contributed by atoms with van der Waals surface area (Å²) in [7, 11) is 0. The fraction of sp³-hybridized carbons (Fsp3) is 0. The maximum absolute atomic E-state index is 12.8. The highest BCUT2D eigenvalue weighted by Crippen LogP contribution is 2.28. The number of ether oxygens (including phenoxy) is 1. The number of rotatable bonds is 4. The predicted octanol–water partition coefficient (Wildman–Crippen LogP) is 2.62. The molecule has 0 aliphatic heterocycles. The summed E-state index contributed by atoms with van der Waals surface area (Å²) in [4.78, 5) is 10.1. The summed E-state index contributed by atoms with van der Waals surface area (Å²) < 4.78 is 18.3. The van der Waals surface area contributed by atoms with Crippen molar-refractivity contribution in [3.05, 3.63) is 64.0 Å². The van der Waals surface area contributed by atoms with Crippen LogP contribution in [0.4, 0.5) is 10.1 Å². The van der Waals surface area contributed by atoms with Gasteiger partial charge in [0.2, 0.25) is 0 Å². The number of hydrogen-bond donors (Lipinski definition) is 2. The van der Waals surface area contributed by atoms with E-state index in [2.05, 4.69) is 5.16 Å². The molecule has 0 heterocycles.